The maximum atomic E-state index is 11.8. The molecule has 1 rings (SSSR count). The van der Waals surface area contributed by atoms with Crippen molar-refractivity contribution in [1.82, 2.24) is 10.2 Å². The Hall–Kier alpha value is -1.47. The van der Waals surface area contributed by atoms with E-state index in [0.717, 1.165) is 10.0 Å². The lowest BCUT2D eigenvalue weighted by atomic mass is 10.2. The fourth-order valence-electron chi connectivity index (χ4n) is 1.37. The zero-order chi connectivity index (χ0) is 14.4. The molecule has 1 aromatic carbocycles. The van der Waals surface area contributed by atoms with Gasteiger partial charge < -0.3 is 16.0 Å². The van der Waals surface area contributed by atoms with E-state index < -0.39 is 11.8 Å². The van der Waals surface area contributed by atoms with Crippen molar-refractivity contribution in [3.8, 4) is 0 Å². The van der Waals surface area contributed by atoms with E-state index >= 15 is 0 Å². The van der Waals surface area contributed by atoms with E-state index in [1.807, 2.05) is 24.3 Å². The summed E-state index contributed by atoms with van der Waals surface area (Å²) in [6.45, 7) is 0.351. The molecule has 2 amide bonds. The first kappa shape index (κ1) is 15.6. The molecule has 0 radical (unpaired) electrons. The molecule has 0 bridgehead atoms. The van der Waals surface area contributed by atoms with E-state index in [9.17, 15) is 9.59 Å². The minimum absolute atomic E-state index is 0.0166. The third-order valence-corrected chi connectivity index (χ3v) is 3.25. The predicted molar refractivity (Wildman–Crippen MR) is 80.4 cm³/mol. The fourth-order valence-corrected chi connectivity index (χ4v) is 1.85. The highest BCUT2D eigenvalue weighted by atomic mass is 79.9. The van der Waals surface area contributed by atoms with Gasteiger partial charge in [0.25, 0.3) is 0 Å². The summed E-state index contributed by atoms with van der Waals surface area (Å²) in [5.74, 6) is -1.35. The minimum Gasteiger partial charge on any atom is -0.392 e. The van der Waals surface area contributed by atoms with Crippen LogP contribution in [0.1, 0.15) is 5.56 Å². The quantitative estimate of drug-likeness (QED) is 0.626. The highest BCUT2D eigenvalue weighted by molar-refractivity contribution is 9.10. The maximum Gasteiger partial charge on any atom is 0.311 e. The fraction of sp³-hybridized carbons (Fsp3) is 0.250. The molecule has 19 heavy (non-hydrogen) atoms. The number of thiocarbonyl (C=S) groups is 1. The smallest absolute Gasteiger partial charge is 0.311 e. The van der Waals surface area contributed by atoms with E-state index in [1.165, 1.54) is 4.90 Å². The normalized spacial score (nSPS) is 9.79. The van der Waals surface area contributed by atoms with Gasteiger partial charge in [-0.15, -0.1) is 0 Å². The van der Waals surface area contributed by atoms with Crippen molar-refractivity contribution in [2.75, 3.05) is 13.6 Å². The molecule has 0 aromatic heterocycles. The van der Waals surface area contributed by atoms with Crippen molar-refractivity contribution in [1.29, 1.82) is 0 Å². The first-order valence-corrected chi connectivity index (χ1v) is 6.67. The largest absolute Gasteiger partial charge is 0.392 e. The number of carbonyl (C=O) groups is 2. The topological polar surface area (TPSA) is 75.4 Å². The van der Waals surface area contributed by atoms with Crippen LogP contribution in [0.2, 0.25) is 0 Å². The van der Waals surface area contributed by atoms with Crippen molar-refractivity contribution in [3.63, 3.8) is 0 Å². The first-order chi connectivity index (χ1) is 8.91. The number of halogens is 1. The lowest BCUT2D eigenvalue weighted by Gasteiger charge is -2.17. The molecular weight excluding hydrogens is 330 g/mol. The summed E-state index contributed by atoms with van der Waals surface area (Å²) in [7, 11) is 1.56. The second-order valence-corrected chi connectivity index (χ2v) is 5.28. The molecule has 0 unspecified atom stereocenters. The Morgan fingerprint density at radius 2 is 2.05 bits per heavy atom. The Morgan fingerprint density at radius 3 is 2.63 bits per heavy atom. The number of carbonyl (C=O) groups excluding carboxylic acids is 2. The maximum absolute atomic E-state index is 11.8. The monoisotopic (exact) mass is 343 g/mol. The molecule has 0 atom stereocenters. The molecule has 0 aliphatic heterocycles. The van der Waals surface area contributed by atoms with Crippen LogP contribution < -0.4 is 11.1 Å². The van der Waals surface area contributed by atoms with Crippen molar-refractivity contribution in [2.24, 2.45) is 5.73 Å². The van der Waals surface area contributed by atoms with E-state index in [1.54, 1.807) is 7.05 Å². The highest BCUT2D eigenvalue weighted by Gasteiger charge is 2.18. The van der Waals surface area contributed by atoms with Gasteiger partial charge in [0.1, 0.15) is 0 Å². The average molecular weight is 344 g/mol. The van der Waals surface area contributed by atoms with Crippen LogP contribution in [0.4, 0.5) is 0 Å². The van der Waals surface area contributed by atoms with Gasteiger partial charge in [-0.05, 0) is 11.6 Å². The third kappa shape index (κ3) is 4.96. The van der Waals surface area contributed by atoms with Crippen molar-refractivity contribution >= 4 is 45.0 Å². The van der Waals surface area contributed by atoms with Crippen LogP contribution in [0, 0.1) is 0 Å². The van der Waals surface area contributed by atoms with Gasteiger partial charge in [-0.2, -0.15) is 0 Å². The number of hydrogen-bond acceptors (Lipinski definition) is 3. The van der Waals surface area contributed by atoms with Gasteiger partial charge in [-0.3, -0.25) is 9.59 Å². The van der Waals surface area contributed by atoms with Gasteiger partial charge >= 0.3 is 11.8 Å². The number of likely N-dealkylation sites (N-methyl/N-ethyl adjacent to an activating group) is 1. The van der Waals surface area contributed by atoms with Gasteiger partial charge in [-0.1, -0.05) is 46.3 Å². The zero-order valence-electron chi connectivity index (χ0n) is 10.4. The summed E-state index contributed by atoms with van der Waals surface area (Å²) in [6.07, 6.45) is 0. The average Bonchev–Trinajstić information content (AvgIpc) is 2.37. The highest BCUT2D eigenvalue weighted by Crippen LogP contribution is 2.17. The van der Waals surface area contributed by atoms with Crippen LogP contribution in [0.3, 0.4) is 0 Å². The van der Waals surface area contributed by atoms with Crippen LogP contribution >= 0.6 is 28.1 Å². The Balaban J connectivity index is 2.60. The molecule has 0 aliphatic carbocycles. The zero-order valence-corrected chi connectivity index (χ0v) is 12.8. The molecule has 0 saturated heterocycles. The van der Waals surface area contributed by atoms with Gasteiger partial charge in [0, 0.05) is 18.1 Å². The van der Waals surface area contributed by atoms with Gasteiger partial charge in [-0.25, -0.2) is 0 Å². The number of nitrogens with one attached hydrogen (secondary N) is 1. The molecule has 0 heterocycles. The number of nitrogens with two attached hydrogens (primary N) is 1. The van der Waals surface area contributed by atoms with Gasteiger partial charge in [0.2, 0.25) is 0 Å². The second-order valence-electron chi connectivity index (χ2n) is 3.90. The minimum atomic E-state index is -0.720. The number of hydrogen-bond donors (Lipinski definition) is 2. The lowest BCUT2D eigenvalue weighted by molar-refractivity contribution is -0.145. The molecule has 102 valence electrons. The Morgan fingerprint density at radius 1 is 1.42 bits per heavy atom. The molecule has 3 N–H and O–H groups in total. The molecule has 7 heteroatoms. The second kappa shape index (κ2) is 7.20. The number of benzene rings is 1. The number of amides is 2. The number of rotatable bonds is 4. The summed E-state index contributed by atoms with van der Waals surface area (Å²) in [5, 5.41) is 2.36. The Kier molecular flexibility index (Phi) is 5.91. The van der Waals surface area contributed by atoms with Crippen LogP contribution in [0.25, 0.3) is 0 Å². The standard InChI is InChI=1S/C12H14BrN3O2S/c1-16(7-8-4-2-3-5-9(8)13)12(18)11(17)15-6-10(14)19/h2-5H,6-7H2,1H3,(H2,14,19)(H,15,17). The van der Waals surface area contributed by atoms with Gasteiger partial charge in [0.05, 0.1) is 11.5 Å². The molecule has 0 fully saturated rings. The van der Waals surface area contributed by atoms with Crippen LogP contribution in [0.15, 0.2) is 28.7 Å². The summed E-state index contributed by atoms with van der Waals surface area (Å²) < 4.78 is 0.887. The summed E-state index contributed by atoms with van der Waals surface area (Å²) in [5.41, 5.74) is 6.16. The SMILES string of the molecule is CN(Cc1ccccc1Br)C(=O)C(=O)NCC(N)=S. The Labute approximate surface area is 125 Å². The van der Waals surface area contributed by atoms with E-state index in [2.05, 4.69) is 33.5 Å². The molecule has 0 saturated carbocycles. The molecule has 1 aromatic rings. The van der Waals surface area contributed by atoms with Crippen molar-refractivity contribution in [2.45, 2.75) is 6.54 Å². The summed E-state index contributed by atoms with van der Waals surface area (Å²) >= 11 is 8.01. The van der Waals surface area contributed by atoms with E-state index in [-0.39, 0.29) is 11.5 Å². The van der Waals surface area contributed by atoms with Crippen LogP contribution in [-0.4, -0.2) is 35.3 Å². The third-order valence-electron chi connectivity index (χ3n) is 2.33. The van der Waals surface area contributed by atoms with Crippen LogP contribution in [0.5, 0.6) is 0 Å². The first-order valence-electron chi connectivity index (χ1n) is 5.47. The van der Waals surface area contributed by atoms with Gasteiger partial charge in [0.15, 0.2) is 0 Å². The molecule has 0 spiro atoms. The molecule has 0 aliphatic rings. The van der Waals surface area contributed by atoms with Crippen LogP contribution in [-0.2, 0) is 16.1 Å². The van der Waals surface area contributed by atoms with Crippen molar-refractivity contribution < 1.29 is 9.59 Å². The van der Waals surface area contributed by atoms with Crippen molar-refractivity contribution in [3.05, 3.63) is 34.3 Å². The Bertz CT molecular complexity index is 508. The lowest BCUT2D eigenvalue weighted by Crippen LogP contribution is -2.43. The van der Waals surface area contributed by atoms with E-state index in [0.29, 0.717) is 6.54 Å². The summed E-state index contributed by atoms with van der Waals surface area (Å²) in [4.78, 5) is 24.8. The predicted octanol–water partition coefficient (Wildman–Crippen LogP) is 0.810. The molecule has 5 nitrogen and oxygen atoms in total. The summed E-state index contributed by atoms with van der Waals surface area (Å²) in [6, 6.07) is 7.50. The molecular formula is C12H14BrN3O2S. The number of nitrogens with zero attached hydrogens (tertiary/aromatic N) is 1. The van der Waals surface area contributed by atoms with E-state index in [4.69, 9.17) is 5.73 Å².